The van der Waals surface area contributed by atoms with Gasteiger partial charge in [0.05, 0.1) is 0 Å². The van der Waals surface area contributed by atoms with Gasteiger partial charge in [-0.3, -0.25) is 0 Å². The second kappa shape index (κ2) is 13.2. The molecule has 1 nitrogen and oxygen atoms in total. The van der Waals surface area contributed by atoms with Gasteiger partial charge in [-0.15, -0.1) is 0 Å². The lowest BCUT2D eigenvalue weighted by atomic mass is 9.88. The average molecular weight is 688 g/mol. The van der Waals surface area contributed by atoms with Crippen LogP contribution in [-0.2, 0) is 0 Å². The van der Waals surface area contributed by atoms with E-state index in [4.69, 9.17) is 0 Å². The van der Waals surface area contributed by atoms with Gasteiger partial charge in [0.25, 0.3) is 0 Å². The van der Waals surface area contributed by atoms with Gasteiger partial charge >= 0.3 is 0 Å². The second-order valence-corrected chi connectivity index (χ2v) is 14.2. The Morgan fingerprint density at radius 3 is 1.31 bits per heavy atom. The molecule has 0 heterocycles. The zero-order valence-corrected chi connectivity index (χ0v) is 30.1. The van der Waals surface area contributed by atoms with Gasteiger partial charge in [0.2, 0.25) is 0 Å². The van der Waals surface area contributed by atoms with Gasteiger partial charge in [-0.1, -0.05) is 170 Å². The lowest BCUT2D eigenvalue weighted by molar-refractivity contribution is 1.28. The Kier molecular flexibility index (Phi) is 7.78. The number of benzene rings is 10. The minimum Gasteiger partial charge on any atom is -0.311 e. The summed E-state index contributed by atoms with van der Waals surface area (Å²) in [6.45, 7) is 2.23. The topological polar surface area (TPSA) is 3.24 Å². The number of rotatable bonds is 7. The summed E-state index contributed by atoms with van der Waals surface area (Å²) in [6.07, 6.45) is 2.35. The van der Waals surface area contributed by atoms with Crippen LogP contribution in [0.2, 0.25) is 0 Å². The van der Waals surface area contributed by atoms with Crippen LogP contribution < -0.4 is 4.90 Å². The van der Waals surface area contributed by atoms with Crippen LogP contribution in [-0.4, -0.2) is 0 Å². The van der Waals surface area contributed by atoms with Gasteiger partial charge in [0, 0.05) is 17.1 Å². The number of fused-ring (bicyclic) bond motifs is 2. The Labute approximate surface area is 316 Å². The van der Waals surface area contributed by atoms with E-state index in [9.17, 15) is 0 Å². The van der Waals surface area contributed by atoms with Crippen molar-refractivity contribution >= 4 is 71.8 Å². The van der Waals surface area contributed by atoms with Crippen molar-refractivity contribution in [3.8, 4) is 22.3 Å². The van der Waals surface area contributed by atoms with E-state index in [1.165, 1.54) is 82.0 Å². The Morgan fingerprint density at radius 1 is 0.352 bits per heavy atom. The molecule has 0 N–H and O–H groups in total. The van der Waals surface area contributed by atoms with Crippen LogP contribution in [0.25, 0.3) is 77.0 Å². The number of allylic oxidation sites excluding steroid dienone is 1. The summed E-state index contributed by atoms with van der Waals surface area (Å²) in [6, 6.07) is 72.7. The van der Waals surface area contributed by atoms with Crippen LogP contribution in [0.3, 0.4) is 0 Å². The zero-order valence-electron chi connectivity index (χ0n) is 30.1. The molecule has 254 valence electrons. The lowest BCUT2D eigenvalue weighted by Gasteiger charge is -2.26. The molecular weight excluding hydrogens is 651 g/mol. The molecule has 54 heavy (non-hydrogen) atoms. The normalized spacial score (nSPS) is 11.9. The van der Waals surface area contributed by atoms with Crippen LogP contribution >= 0.6 is 0 Å². The van der Waals surface area contributed by atoms with E-state index in [0.29, 0.717) is 0 Å². The molecule has 0 spiro atoms. The summed E-state index contributed by atoms with van der Waals surface area (Å²) in [5.74, 6) is 0. The summed E-state index contributed by atoms with van der Waals surface area (Å²) in [5.41, 5.74) is 11.8. The Hall–Kier alpha value is -6.96. The molecule has 1 heteroatoms. The highest BCUT2D eigenvalue weighted by Gasteiger charge is 2.16. The molecule has 0 atom stereocenters. The molecular formula is C53H37N. The highest BCUT2D eigenvalue weighted by molar-refractivity contribution is 6.33. The molecule has 10 aromatic carbocycles. The molecule has 0 saturated heterocycles. The standard InChI is InChI=1S/C53H37N/c1-36(35-43-27-34-51-49-19-9-16-42-15-8-18-48(52(42)49)50-20-10-17-47(43)53(50)51)37-21-28-44(29-22-37)54(45-30-23-40(24-31-45)38-11-4-2-5-12-38)46-32-25-41(26-33-46)39-13-6-3-7-14-39/h2-35H,1H3/b36-35-. The first-order valence-corrected chi connectivity index (χ1v) is 18.7. The first kappa shape index (κ1) is 31.7. The fraction of sp³-hybridized carbons (Fsp3) is 0.0189. The first-order chi connectivity index (χ1) is 26.7. The highest BCUT2D eigenvalue weighted by atomic mass is 15.1. The molecule has 0 aromatic heterocycles. The first-order valence-electron chi connectivity index (χ1n) is 18.7. The SMILES string of the molecule is C/C(=C/c1ccc2c3cccc4cccc(c5cccc1c52)c43)c1ccc(N(c2ccc(-c3ccccc3)cc2)c2ccc(-c3ccccc3)cc2)cc1. The van der Waals surface area contributed by atoms with Crippen LogP contribution in [0.1, 0.15) is 18.1 Å². The molecule has 10 aromatic rings. The maximum atomic E-state index is 2.35. The molecule has 0 bridgehead atoms. The summed E-state index contributed by atoms with van der Waals surface area (Å²) < 4.78 is 0. The smallest absolute Gasteiger partial charge is 0.0462 e. The average Bonchev–Trinajstić information content (AvgIpc) is 3.24. The molecule has 0 aliphatic rings. The van der Waals surface area contributed by atoms with E-state index >= 15 is 0 Å². The Morgan fingerprint density at radius 2 is 0.778 bits per heavy atom. The molecule has 0 radical (unpaired) electrons. The van der Waals surface area contributed by atoms with Gasteiger partial charge in [-0.2, -0.15) is 0 Å². The van der Waals surface area contributed by atoms with E-state index in [-0.39, 0.29) is 0 Å². The predicted molar refractivity (Wildman–Crippen MR) is 233 cm³/mol. The predicted octanol–water partition coefficient (Wildman–Crippen LogP) is 15.1. The van der Waals surface area contributed by atoms with E-state index < -0.39 is 0 Å². The van der Waals surface area contributed by atoms with Crippen LogP contribution in [0.15, 0.2) is 200 Å². The minimum atomic E-state index is 1.11. The molecule has 10 rings (SSSR count). The quantitative estimate of drug-likeness (QED) is 0.0916. The summed E-state index contributed by atoms with van der Waals surface area (Å²) >= 11 is 0. The van der Waals surface area contributed by atoms with Crippen molar-refractivity contribution in [3.05, 3.63) is 211 Å². The summed E-state index contributed by atoms with van der Waals surface area (Å²) in [4.78, 5) is 2.34. The molecule has 0 aliphatic heterocycles. The minimum absolute atomic E-state index is 1.11. The van der Waals surface area contributed by atoms with Crippen molar-refractivity contribution in [2.75, 3.05) is 4.90 Å². The maximum absolute atomic E-state index is 2.35. The molecule has 0 amide bonds. The number of nitrogens with zero attached hydrogens (tertiary/aromatic N) is 1. The Bertz CT molecular complexity index is 2810. The molecule has 0 saturated carbocycles. The molecule has 0 aliphatic carbocycles. The number of anilines is 3. The lowest BCUT2D eigenvalue weighted by Crippen LogP contribution is -2.09. The third kappa shape index (κ3) is 5.50. The van der Waals surface area contributed by atoms with Gasteiger partial charge in [-0.05, 0) is 125 Å². The largest absolute Gasteiger partial charge is 0.311 e. The van der Waals surface area contributed by atoms with Gasteiger partial charge in [0.1, 0.15) is 0 Å². The van der Waals surface area contributed by atoms with E-state index in [0.717, 1.165) is 17.1 Å². The highest BCUT2D eigenvalue weighted by Crippen LogP contribution is 2.42. The van der Waals surface area contributed by atoms with Gasteiger partial charge in [0.15, 0.2) is 0 Å². The van der Waals surface area contributed by atoms with Crippen molar-refractivity contribution in [1.82, 2.24) is 0 Å². The number of hydrogen-bond donors (Lipinski definition) is 0. The van der Waals surface area contributed by atoms with Crippen molar-refractivity contribution in [1.29, 1.82) is 0 Å². The van der Waals surface area contributed by atoms with E-state index in [2.05, 4.69) is 218 Å². The van der Waals surface area contributed by atoms with Crippen LogP contribution in [0.4, 0.5) is 17.1 Å². The van der Waals surface area contributed by atoms with Gasteiger partial charge in [-0.25, -0.2) is 0 Å². The van der Waals surface area contributed by atoms with Gasteiger partial charge < -0.3 is 4.90 Å². The van der Waals surface area contributed by atoms with Crippen LogP contribution in [0.5, 0.6) is 0 Å². The summed E-state index contributed by atoms with van der Waals surface area (Å²) in [7, 11) is 0. The van der Waals surface area contributed by atoms with Crippen molar-refractivity contribution in [3.63, 3.8) is 0 Å². The maximum Gasteiger partial charge on any atom is 0.0462 e. The molecule has 0 unspecified atom stereocenters. The van der Waals surface area contributed by atoms with Crippen molar-refractivity contribution in [2.45, 2.75) is 6.92 Å². The zero-order chi connectivity index (χ0) is 36.0. The fourth-order valence-electron chi connectivity index (χ4n) is 8.30. The summed E-state index contributed by atoms with van der Waals surface area (Å²) in [5, 5.41) is 10.6. The Balaban J connectivity index is 1.03. The second-order valence-electron chi connectivity index (χ2n) is 14.2. The fourth-order valence-corrected chi connectivity index (χ4v) is 8.30. The number of hydrogen-bond acceptors (Lipinski definition) is 1. The van der Waals surface area contributed by atoms with Crippen molar-refractivity contribution in [2.24, 2.45) is 0 Å². The van der Waals surface area contributed by atoms with Crippen LogP contribution in [0, 0.1) is 0 Å². The van der Waals surface area contributed by atoms with E-state index in [1.54, 1.807) is 0 Å². The monoisotopic (exact) mass is 687 g/mol. The third-order valence-corrected chi connectivity index (χ3v) is 11.0. The van der Waals surface area contributed by atoms with E-state index in [1.807, 2.05) is 0 Å². The molecule has 0 fully saturated rings. The third-order valence-electron chi connectivity index (χ3n) is 11.0. The van der Waals surface area contributed by atoms with Crippen molar-refractivity contribution < 1.29 is 0 Å².